The van der Waals surface area contributed by atoms with Crippen LogP contribution in [0, 0.1) is 0 Å². The molecule has 0 radical (unpaired) electrons. The van der Waals surface area contributed by atoms with Gasteiger partial charge >= 0.3 is 0 Å². The third-order valence-corrected chi connectivity index (χ3v) is 2.73. The molecule has 3 N–H and O–H groups in total. The topological polar surface area (TPSA) is 89.8 Å². The molecule has 7 heteroatoms. The summed E-state index contributed by atoms with van der Waals surface area (Å²) in [5, 5.41) is 9.45. The standard InChI is InChI=1S/C10H11N5O.ClH/c11-10-12-4-8-9(14-10)15(5-13-8)6-1-2-7(16)3-6;/h1-2,4-7,16H,3H2,(H2,11,12,14);1H/t6-,7+;/m0./s1. The minimum atomic E-state index is -0.387. The maximum atomic E-state index is 9.45. The van der Waals surface area contributed by atoms with E-state index in [4.69, 9.17) is 5.73 Å². The zero-order valence-electron chi connectivity index (χ0n) is 8.89. The van der Waals surface area contributed by atoms with Crippen molar-refractivity contribution in [1.29, 1.82) is 0 Å². The third kappa shape index (κ3) is 1.96. The number of rotatable bonds is 1. The van der Waals surface area contributed by atoms with Crippen LogP contribution in [0.3, 0.4) is 0 Å². The molecular formula is C10H12ClN5O. The Balaban J connectivity index is 0.00000108. The number of imidazole rings is 1. The summed E-state index contributed by atoms with van der Waals surface area (Å²) in [6.07, 6.45) is 7.29. The molecule has 0 unspecified atom stereocenters. The van der Waals surface area contributed by atoms with Crippen LogP contribution >= 0.6 is 12.4 Å². The van der Waals surface area contributed by atoms with E-state index in [1.54, 1.807) is 18.6 Å². The van der Waals surface area contributed by atoms with Crippen molar-refractivity contribution in [3.05, 3.63) is 24.7 Å². The number of halogens is 1. The first-order valence-electron chi connectivity index (χ1n) is 5.05. The van der Waals surface area contributed by atoms with Crippen LogP contribution in [0.5, 0.6) is 0 Å². The molecule has 90 valence electrons. The van der Waals surface area contributed by atoms with Crippen molar-refractivity contribution in [3.63, 3.8) is 0 Å². The fourth-order valence-electron chi connectivity index (χ4n) is 1.95. The Labute approximate surface area is 104 Å². The first kappa shape index (κ1) is 11.8. The number of nitrogen functional groups attached to an aromatic ring is 1. The van der Waals surface area contributed by atoms with Gasteiger partial charge in [0.25, 0.3) is 0 Å². The summed E-state index contributed by atoms with van der Waals surface area (Å²) in [7, 11) is 0. The molecule has 3 rings (SSSR count). The van der Waals surface area contributed by atoms with Gasteiger partial charge < -0.3 is 15.4 Å². The van der Waals surface area contributed by atoms with Crippen LogP contribution in [-0.2, 0) is 0 Å². The van der Waals surface area contributed by atoms with Gasteiger partial charge in [0.2, 0.25) is 5.95 Å². The van der Waals surface area contributed by atoms with Gasteiger partial charge in [-0.25, -0.2) is 9.97 Å². The molecule has 1 aliphatic rings. The van der Waals surface area contributed by atoms with Gasteiger partial charge in [0.15, 0.2) is 5.65 Å². The molecule has 0 saturated carbocycles. The molecule has 2 atom stereocenters. The van der Waals surface area contributed by atoms with Gasteiger partial charge in [0, 0.05) is 6.42 Å². The van der Waals surface area contributed by atoms with Crippen LogP contribution in [0.2, 0.25) is 0 Å². The number of aromatic nitrogens is 4. The van der Waals surface area contributed by atoms with Gasteiger partial charge in [0.1, 0.15) is 5.52 Å². The summed E-state index contributed by atoms with van der Waals surface area (Å²) in [5.41, 5.74) is 6.96. The van der Waals surface area contributed by atoms with Crippen LogP contribution in [0.1, 0.15) is 12.5 Å². The molecule has 2 heterocycles. The van der Waals surface area contributed by atoms with Crippen molar-refractivity contribution < 1.29 is 5.11 Å². The summed E-state index contributed by atoms with van der Waals surface area (Å²) < 4.78 is 1.90. The fraction of sp³-hybridized carbons (Fsp3) is 0.300. The Morgan fingerprint density at radius 3 is 2.88 bits per heavy atom. The van der Waals surface area contributed by atoms with Crippen LogP contribution in [0.4, 0.5) is 5.95 Å². The van der Waals surface area contributed by atoms with E-state index in [9.17, 15) is 5.11 Å². The number of hydrogen-bond acceptors (Lipinski definition) is 5. The van der Waals surface area contributed by atoms with Crippen molar-refractivity contribution in [2.75, 3.05) is 5.73 Å². The molecule has 0 aliphatic heterocycles. The second-order valence-corrected chi connectivity index (χ2v) is 3.84. The van der Waals surface area contributed by atoms with E-state index in [0.29, 0.717) is 17.6 Å². The highest BCUT2D eigenvalue weighted by Gasteiger charge is 2.20. The Morgan fingerprint density at radius 2 is 2.18 bits per heavy atom. The third-order valence-electron chi connectivity index (χ3n) is 2.73. The Morgan fingerprint density at radius 1 is 1.35 bits per heavy atom. The lowest BCUT2D eigenvalue weighted by Gasteiger charge is -2.10. The van der Waals surface area contributed by atoms with Gasteiger partial charge in [-0.3, -0.25) is 0 Å². The number of aliphatic hydroxyl groups is 1. The summed E-state index contributed by atoms with van der Waals surface area (Å²) in [6, 6.07) is 0.0919. The molecular weight excluding hydrogens is 242 g/mol. The van der Waals surface area contributed by atoms with Gasteiger partial charge in [-0.2, -0.15) is 4.98 Å². The maximum absolute atomic E-state index is 9.45. The van der Waals surface area contributed by atoms with E-state index < -0.39 is 0 Å². The molecule has 1 aliphatic carbocycles. The first-order chi connectivity index (χ1) is 7.74. The van der Waals surface area contributed by atoms with E-state index in [-0.39, 0.29) is 30.5 Å². The summed E-state index contributed by atoms with van der Waals surface area (Å²) >= 11 is 0. The van der Waals surface area contributed by atoms with Crippen molar-refractivity contribution >= 4 is 29.5 Å². The van der Waals surface area contributed by atoms with E-state index in [0.717, 1.165) is 0 Å². The fourth-order valence-corrected chi connectivity index (χ4v) is 1.95. The summed E-state index contributed by atoms with van der Waals surface area (Å²) in [4.78, 5) is 12.2. The first-order valence-corrected chi connectivity index (χ1v) is 5.05. The zero-order chi connectivity index (χ0) is 11.1. The van der Waals surface area contributed by atoms with Gasteiger partial charge in [-0.15, -0.1) is 12.4 Å². The van der Waals surface area contributed by atoms with Crippen molar-refractivity contribution in [2.24, 2.45) is 0 Å². The molecule has 0 bridgehead atoms. The number of allylic oxidation sites excluding steroid dienone is 1. The Hall–Kier alpha value is -1.66. The molecule has 2 aromatic rings. The maximum Gasteiger partial charge on any atom is 0.222 e. The normalized spacial score (nSPS) is 22.9. The molecule has 0 spiro atoms. The van der Waals surface area contributed by atoms with Crippen LogP contribution < -0.4 is 5.73 Å². The monoisotopic (exact) mass is 253 g/mol. The lowest BCUT2D eigenvalue weighted by molar-refractivity contribution is 0.211. The predicted molar refractivity (Wildman–Crippen MR) is 65.8 cm³/mol. The lowest BCUT2D eigenvalue weighted by atomic mass is 10.2. The number of hydrogen-bond donors (Lipinski definition) is 2. The van der Waals surface area contributed by atoms with Crippen LogP contribution in [-0.4, -0.2) is 30.7 Å². The Bertz CT molecular complexity index is 567. The zero-order valence-corrected chi connectivity index (χ0v) is 9.71. The van der Waals surface area contributed by atoms with Crippen molar-refractivity contribution in [3.8, 4) is 0 Å². The van der Waals surface area contributed by atoms with Gasteiger partial charge in [0.05, 0.1) is 24.7 Å². The Kier molecular flexibility index (Phi) is 2.99. The minimum Gasteiger partial charge on any atom is -0.389 e. The minimum absolute atomic E-state index is 0. The SMILES string of the molecule is Cl.Nc1ncc2ncn([C@H]3C=C[C@@H](O)C3)c2n1. The quantitative estimate of drug-likeness (QED) is 0.730. The predicted octanol–water partition coefficient (Wildman–Crippen LogP) is 0.692. The van der Waals surface area contributed by atoms with E-state index in [2.05, 4.69) is 15.0 Å². The molecule has 17 heavy (non-hydrogen) atoms. The number of fused-ring (bicyclic) bond motifs is 1. The number of aliphatic hydroxyl groups excluding tert-OH is 1. The highest BCUT2D eigenvalue weighted by molar-refractivity contribution is 5.85. The smallest absolute Gasteiger partial charge is 0.222 e. The van der Waals surface area contributed by atoms with E-state index in [1.807, 2.05) is 10.6 Å². The number of nitrogens with zero attached hydrogens (tertiary/aromatic N) is 4. The van der Waals surface area contributed by atoms with Gasteiger partial charge in [-0.1, -0.05) is 12.2 Å². The second kappa shape index (κ2) is 4.31. The van der Waals surface area contributed by atoms with E-state index in [1.165, 1.54) is 0 Å². The average Bonchev–Trinajstić information content (AvgIpc) is 2.83. The molecule has 0 amide bonds. The molecule has 0 saturated heterocycles. The largest absolute Gasteiger partial charge is 0.389 e. The molecule has 6 nitrogen and oxygen atoms in total. The average molecular weight is 254 g/mol. The summed E-state index contributed by atoms with van der Waals surface area (Å²) in [5.74, 6) is 0.233. The second-order valence-electron chi connectivity index (χ2n) is 3.84. The molecule has 0 fully saturated rings. The van der Waals surface area contributed by atoms with Crippen LogP contribution in [0.15, 0.2) is 24.7 Å². The number of nitrogens with two attached hydrogens (primary N) is 1. The van der Waals surface area contributed by atoms with Crippen molar-refractivity contribution in [2.45, 2.75) is 18.6 Å². The summed E-state index contributed by atoms with van der Waals surface area (Å²) in [6.45, 7) is 0. The molecule has 2 aromatic heterocycles. The van der Waals surface area contributed by atoms with Crippen LogP contribution in [0.25, 0.3) is 11.2 Å². The highest BCUT2D eigenvalue weighted by Crippen LogP contribution is 2.26. The number of anilines is 1. The lowest BCUT2D eigenvalue weighted by Crippen LogP contribution is -2.08. The molecule has 0 aromatic carbocycles. The van der Waals surface area contributed by atoms with Crippen molar-refractivity contribution in [1.82, 2.24) is 19.5 Å². The highest BCUT2D eigenvalue weighted by atomic mass is 35.5. The van der Waals surface area contributed by atoms with E-state index >= 15 is 0 Å². The van der Waals surface area contributed by atoms with Gasteiger partial charge in [-0.05, 0) is 0 Å².